The number of fused-ring (bicyclic) bond motifs is 1. The van der Waals surface area contributed by atoms with Crippen molar-refractivity contribution in [2.24, 2.45) is 0 Å². The summed E-state index contributed by atoms with van der Waals surface area (Å²) < 4.78 is 0. The van der Waals surface area contributed by atoms with Crippen molar-refractivity contribution in [1.29, 1.82) is 0 Å². The second kappa shape index (κ2) is 9.90. The fraction of sp³-hybridized carbons (Fsp3) is 0.111. The van der Waals surface area contributed by atoms with Crippen LogP contribution in [0.5, 0.6) is 5.75 Å². The topological polar surface area (TPSA) is 91.8 Å². The van der Waals surface area contributed by atoms with Crippen molar-refractivity contribution in [3.63, 3.8) is 0 Å². The summed E-state index contributed by atoms with van der Waals surface area (Å²) >= 11 is 7.77. The van der Waals surface area contributed by atoms with Gasteiger partial charge in [-0.2, -0.15) is 0 Å². The summed E-state index contributed by atoms with van der Waals surface area (Å²) in [6, 6.07) is 22.1. The van der Waals surface area contributed by atoms with Gasteiger partial charge in [-0.3, -0.25) is 4.79 Å². The first-order valence-electron chi connectivity index (χ1n) is 11.0. The first-order valence-corrected chi connectivity index (χ1v) is 12.4. The summed E-state index contributed by atoms with van der Waals surface area (Å²) in [5, 5.41) is 10.5. The molecule has 0 bridgehead atoms. The maximum absolute atomic E-state index is 13.0. The number of hydrogen-bond acceptors (Lipinski definition) is 6. The SMILES string of the molecule is Cc1cc(-c2nc3c(=O)cc(SCCc4ccc(O)cc4)[nH]c3nc2-c2ccccc2)cc(Cl)n1. The Kier molecular flexibility index (Phi) is 6.53. The third-order valence-corrected chi connectivity index (χ3v) is 6.59. The smallest absolute Gasteiger partial charge is 0.210 e. The van der Waals surface area contributed by atoms with Crippen molar-refractivity contribution in [3.05, 3.63) is 99.4 Å². The summed E-state index contributed by atoms with van der Waals surface area (Å²) in [5.74, 6) is 1.01. The molecule has 0 saturated heterocycles. The predicted molar refractivity (Wildman–Crippen MR) is 141 cm³/mol. The van der Waals surface area contributed by atoms with Crippen molar-refractivity contribution in [1.82, 2.24) is 19.9 Å². The summed E-state index contributed by atoms with van der Waals surface area (Å²) in [7, 11) is 0. The molecule has 2 N–H and O–H groups in total. The van der Waals surface area contributed by atoms with Crippen molar-refractivity contribution in [3.8, 4) is 28.3 Å². The number of nitrogens with one attached hydrogen (secondary N) is 1. The zero-order valence-electron chi connectivity index (χ0n) is 18.8. The Morgan fingerprint density at radius 1 is 0.914 bits per heavy atom. The minimum atomic E-state index is -0.198. The van der Waals surface area contributed by atoms with Crippen LogP contribution in [0.2, 0.25) is 5.15 Å². The molecule has 6 nitrogen and oxygen atoms in total. The predicted octanol–water partition coefficient (Wildman–Crippen LogP) is 6.05. The monoisotopic (exact) mass is 500 g/mol. The Labute approximate surface area is 211 Å². The Hall–Kier alpha value is -3.68. The average Bonchev–Trinajstić information content (AvgIpc) is 2.84. The van der Waals surface area contributed by atoms with Crippen LogP contribution >= 0.6 is 23.4 Å². The van der Waals surface area contributed by atoms with Gasteiger partial charge in [0.2, 0.25) is 5.43 Å². The zero-order chi connectivity index (χ0) is 24.4. The zero-order valence-corrected chi connectivity index (χ0v) is 20.4. The van der Waals surface area contributed by atoms with Crippen molar-refractivity contribution < 1.29 is 5.11 Å². The van der Waals surface area contributed by atoms with Crippen LogP contribution in [0.4, 0.5) is 0 Å². The van der Waals surface area contributed by atoms with Crippen LogP contribution in [0.3, 0.4) is 0 Å². The van der Waals surface area contributed by atoms with E-state index in [9.17, 15) is 9.90 Å². The highest BCUT2D eigenvalue weighted by Crippen LogP contribution is 2.32. The van der Waals surface area contributed by atoms with Crippen LogP contribution < -0.4 is 5.43 Å². The fourth-order valence-electron chi connectivity index (χ4n) is 3.82. The molecule has 0 radical (unpaired) electrons. The number of halogens is 1. The third-order valence-electron chi connectivity index (χ3n) is 5.46. The summed E-state index contributed by atoms with van der Waals surface area (Å²) in [5.41, 5.74) is 5.24. The number of hydrogen-bond donors (Lipinski definition) is 2. The molecule has 3 aromatic heterocycles. The number of thioether (sulfide) groups is 1. The molecule has 0 aliphatic heterocycles. The number of nitrogens with zero attached hydrogens (tertiary/aromatic N) is 3. The van der Waals surface area contributed by atoms with Crippen molar-refractivity contribution >= 4 is 34.5 Å². The van der Waals surface area contributed by atoms with Crippen LogP contribution in [0.25, 0.3) is 33.7 Å². The van der Waals surface area contributed by atoms with Crippen LogP contribution in [-0.2, 0) is 6.42 Å². The molecule has 3 heterocycles. The summed E-state index contributed by atoms with van der Waals surface area (Å²) in [4.78, 5) is 30.2. The molecule has 5 aromatic rings. The minimum absolute atomic E-state index is 0.198. The van der Waals surface area contributed by atoms with Gasteiger partial charge in [-0.05, 0) is 43.2 Å². The number of benzene rings is 2. The average molecular weight is 501 g/mol. The Bertz CT molecular complexity index is 1550. The Morgan fingerprint density at radius 3 is 2.40 bits per heavy atom. The van der Waals surface area contributed by atoms with E-state index < -0.39 is 0 Å². The standard InChI is InChI=1S/C27H21ClN4O2S/c1-16-13-19(14-22(28)29-16)25-24(18-5-3-2-4-6-18)32-27-26(31-25)21(34)15-23(30-27)35-12-11-17-7-9-20(33)10-8-17/h2-10,13-15,33H,11-12H2,1H3,(H,30,32,34). The molecule has 0 amide bonds. The number of aryl methyl sites for hydroxylation is 2. The van der Waals surface area contributed by atoms with E-state index in [4.69, 9.17) is 21.6 Å². The first kappa shape index (κ1) is 23.1. The van der Waals surface area contributed by atoms with Gasteiger partial charge in [-0.1, -0.05) is 54.1 Å². The quantitative estimate of drug-likeness (QED) is 0.218. The van der Waals surface area contributed by atoms with E-state index in [1.807, 2.05) is 55.5 Å². The molecule has 5 rings (SSSR count). The van der Waals surface area contributed by atoms with Gasteiger partial charge in [0.1, 0.15) is 10.9 Å². The molecule has 174 valence electrons. The molecule has 0 spiro atoms. The third kappa shape index (κ3) is 5.21. The van der Waals surface area contributed by atoms with Gasteiger partial charge in [0.15, 0.2) is 11.2 Å². The van der Waals surface area contributed by atoms with Gasteiger partial charge in [0.25, 0.3) is 0 Å². The molecule has 2 aromatic carbocycles. The van der Waals surface area contributed by atoms with Gasteiger partial charge in [0.05, 0.1) is 16.4 Å². The molecule has 0 fully saturated rings. The number of H-pyrrole nitrogens is 1. The van der Waals surface area contributed by atoms with Crippen LogP contribution in [0, 0.1) is 6.92 Å². The number of rotatable bonds is 6. The number of aromatic hydroxyl groups is 1. The highest BCUT2D eigenvalue weighted by atomic mass is 35.5. The lowest BCUT2D eigenvalue weighted by atomic mass is 10.0. The normalized spacial score (nSPS) is 11.1. The van der Waals surface area contributed by atoms with Gasteiger partial charge in [-0.25, -0.2) is 15.0 Å². The van der Waals surface area contributed by atoms with E-state index in [1.165, 1.54) is 0 Å². The van der Waals surface area contributed by atoms with E-state index in [2.05, 4.69) is 9.97 Å². The molecule has 0 aliphatic carbocycles. The highest BCUT2D eigenvalue weighted by Gasteiger charge is 2.17. The Balaban J connectivity index is 1.55. The van der Waals surface area contributed by atoms with Gasteiger partial charge in [0, 0.05) is 28.6 Å². The van der Waals surface area contributed by atoms with E-state index >= 15 is 0 Å². The lowest BCUT2D eigenvalue weighted by Gasteiger charge is -2.12. The van der Waals surface area contributed by atoms with Crippen LogP contribution in [0.1, 0.15) is 11.3 Å². The van der Waals surface area contributed by atoms with E-state index in [0.717, 1.165) is 39.6 Å². The van der Waals surface area contributed by atoms with Crippen molar-refractivity contribution in [2.45, 2.75) is 18.4 Å². The number of aromatic amines is 1. The van der Waals surface area contributed by atoms with Crippen LogP contribution in [-0.4, -0.2) is 30.8 Å². The molecular formula is C27H21ClN4O2S. The van der Waals surface area contributed by atoms with Crippen LogP contribution in [0.15, 0.2) is 82.6 Å². The van der Waals surface area contributed by atoms with Gasteiger partial charge in [-0.15, -0.1) is 11.8 Å². The lowest BCUT2D eigenvalue weighted by molar-refractivity contribution is 0.475. The molecule has 8 heteroatoms. The number of phenolic OH excluding ortho intramolecular Hbond substituents is 1. The largest absolute Gasteiger partial charge is 0.508 e. The van der Waals surface area contributed by atoms with Crippen molar-refractivity contribution in [2.75, 3.05) is 5.75 Å². The van der Waals surface area contributed by atoms with Gasteiger partial charge >= 0.3 is 0 Å². The maximum Gasteiger partial charge on any atom is 0.210 e. The molecule has 35 heavy (non-hydrogen) atoms. The molecule has 0 unspecified atom stereocenters. The second-order valence-electron chi connectivity index (χ2n) is 8.07. The lowest BCUT2D eigenvalue weighted by Crippen LogP contribution is -2.09. The number of aromatic nitrogens is 4. The van der Waals surface area contributed by atoms with Gasteiger partial charge < -0.3 is 10.1 Å². The molecule has 0 aliphatic rings. The first-order chi connectivity index (χ1) is 17.0. The maximum atomic E-state index is 13.0. The van der Waals surface area contributed by atoms with E-state index in [0.29, 0.717) is 22.2 Å². The van der Waals surface area contributed by atoms with E-state index in [1.54, 1.807) is 36.0 Å². The molecular weight excluding hydrogens is 480 g/mol. The molecule has 0 atom stereocenters. The summed E-state index contributed by atoms with van der Waals surface area (Å²) in [6.07, 6.45) is 0.799. The Morgan fingerprint density at radius 2 is 1.66 bits per heavy atom. The number of phenols is 1. The fourth-order valence-corrected chi connectivity index (χ4v) is 4.98. The second-order valence-corrected chi connectivity index (χ2v) is 9.59. The highest BCUT2D eigenvalue weighted by molar-refractivity contribution is 7.99. The number of pyridine rings is 2. The molecule has 0 saturated carbocycles. The van der Waals surface area contributed by atoms with E-state index in [-0.39, 0.29) is 16.7 Å². The summed E-state index contributed by atoms with van der Waals surface area (Å²) in [6.45, 7) is 1.86. The minimum Gasteiger partial charge on any atom is -0.508 e.